The zero-order valence-corrected chi connectivity index (χ0v) is 17.6. The van der Waals surface area contributed by atoms with Gasteiger partial charge in [-0.1, -0.05) is 42.5 Å². The maximum absolute atomic E-state index is 5.62. The Balaban J connectivity index is 0.000000186. The van der Waals surface area contributed by atoms with Gasteiger partial charge in [0, 0.05) is 5.69 Å². The molecule has 0 saturated carbocycles. The molecule has 5 rings (SSSR count). The van der Waals surface area contributed by atoms with Crippen molar-refractivity contribution in [1.82, 2.24) is 19.9 Å². The van der Waals surface area contributed by atoms with Crippen LogP contribution in [-0.4, -0.2) is 19.9 Å². The van der Waals surface area contributed by atoms with Crippen LogP contribution < -0.4 is 5.32 Å². The summed E-state index contributed by atoms with van der Waals surface area (Å²) in [5.74, 6) is 0.786. The van der Waals surface area contributed by atoms with E-state index in [4.69, 9.17) is 11.6 Å². The minimum absolute atomic E-state index is 0. The van der Waals surface area contributed by atoms with E-state index in [0.29, 0.717) is 5.28 Å². The molecule has 0 spiro atoms. The maximum Gasteiger partial charge on any atom is 0.205 e. The average molecular weight is 426 g/mol. The zero-order valence-electron chi connectivity index (χ0n) is 16.0. The minimum atomic E-state index is 0. The Bertz CT molecular complexity index is 1160. The Morgan fingerprint density at radius 1 is 0.724 bits per heavy atom. The standard InChI is InChI=1S/C15H15N3.C7H5ClN2.ClH/c1-10-6-5-7-11(2)14(10)18-15-16-12-8-3-4-9-13(12)17-15;8-7-9-5-3-1-2-4-6(5)10-7;/h3-9H,1-2H3,(H2,16,17,18);1-4H,(H,9,10);1H. The van der Waals surface area contributed by atoms with Crippen molar-refractivity contribution in [2.75, 3.05) is 5.32 Å². The second-order valence-corrected chi connectivity index (χ2v) is 6.90. The van der Waals surface area contributed by atoms with Crippen LogP contribution in [0, 0.1) is 13.8 Å². The molecular weight excluding hydrogens is 405 g/mol. The lowest BCUT2D eigenvalue weighted by molar-refractivity contribution is 1.27. The molecule has 2 aromatic heterocycles. The van der Waals surface area contributed by atoms with Crippen LogP contribution in [0.15, 0.2) is 66.7 Å². The first kappa shape index (κ1) is 20.7. The number of nitrogens with one attached hydrogen (secondary N) is 3. The van der Waals surface area contributed by atoms with E-state index in [-0.39, 0.29) is 12.4 Å². The number of para-hydroxylation sites is 5. The summed E-state index contributed by atoms with van der Waals surface area (Å²) in [5.41, 5.74) is 7.47. The van der Waals surface area contributed by atoms with E-state index in [1.165, 1.54) is 11.1 Å². The number of halogens is 2. The number of aromatic amines is 2. The Hall–Kier alpha value is -3.02. The molecule has 3 aromatic carbocycles. The summed E-state index contributed by atoms with van der Waals surface area (Å²) in [7, 11) is 0. The first-order chi connectivity index (χ1) is 13.6. The quantitative estimate of drug-likeness (QED) is 0.299. The molecule has 3 N–H and O–H groups in total. The van der Waals surface area contributed by atoms with Gasteiger partial charge in [0.25, 0.3) is 0 Å². The molecule has 2 heterocycles. The van der Waals surface area contributed by atoms with E-state index < -0.39 is 0 Å². The van der Waals surface area contributed by atoms with Crippen molar-refractivity contribution in [3.05, 3.63) is 83.1 Å². The summed E-state index contributed by atoms with van der Waals surface area (Å²) in [6.07, 6.45) is 0. The molecule has 0 bridgehead atoms. The molecule has 29 heavy (non-hydrogen) atoms. The summed E-state index contributed by atoms with van der Waals surface area (Å²) in [5, 5.41) is 3.81. The summed E-state index contributed by atoms with van der Waals surface area (Å²) >= 11 is 5.62. The van der Waals surface area contributed by atoms with Crippen molar-refractivity contribution in [3.63, 3.8) is 0 Å². The smallest absolute Gasteiger partial charge is 0.205 e. The second-order valence-electron chi connectivity index (χ2n) is 6.54. The Labute approximate surface area is 180 Å². The highest BCUT2D eigenvalue weighted by Crippen LogP contribution is 2.24. The van der Waals surface area contributed by atoms with Crippen LogP contribution in [0.1, 0.15) is 11.1 Å². The van der Waals surface area contributed by atoms with Crippen LogP contribution in [0.4, 0.5) is 11.6 Å². The van der Waals surface area contributed by atoms with Crippen LogP contribution in [0.25, 0.3) is 22.1 Å². The average Bonchev–Trinajstić information content (AvgIpc) is 3.27. The van der Waals surface area contributed by atoms with Gasteiger partial charge in [-0.25, -0.2) is 9.97 Å². The monoisotopic (exact) mass is 425 g/mol. The number of imidazole rings is 2. The number of rotatable bonds is 2. The molecule has 0 amide bonds. The van der Waals surface area contributed by atoms with E-state index in [2.05, 4.69) is 57.3 Å². The SMILES string of the molecule is Cc1cccc(C)c1Nc1nc2ccccc2[nH]1.Cl.Clc1nc2ccccc2[nH]1. The Kier molecular flexibility index (Phi) is 6.42. The number of aryl methyl sites for hydroxylation is 2. The first-order valence-electron chi connectivity index (χ1n) is 8.98. The Morgan fingerprint density at radius 2 is 1.28 bits per heavy atom. The highest BCUT2D eigenvalue weighted by molar-refractivity contribution is 6.29. The largest absolute Gasteiger partial charge is 0.329 e. The van der Waals surface area contributed by atoms with Gasteiger partial charge in [-0.3, -0.25) is 0 Å². The lowest BCUT2D eigenvalue weighted by atomic mass is 10.1. The number of nitrogens with zero attached hydrogens (tertiary/aromatic N) is 2. The third-order valence-electron chi connectivity index (χ3n) is 4.47. The number of aromatic nitrogens is 4. The predicted octanol–water partition coefficient (Wildman–Crippen LogP) is 6.56. The van der Waals surface area contributed by atoms with Gasteiger partial charge >= 0.3 is 0 Å². The highest BCUT2D eigenvalue weighted by Gasteiger charge is 2.06. The van der Waals surface area contributed by atoms with E-state index in [1.807, 2.05) is 48.5 Å². The van der Waals surface area contributed by atoms with Gasteiger partial charge in [0.15, 0.2) is 0 Å². The normalized spacial score (nSPS) is 10.3. The zero-order chi connectivity index (χ0) is 19.5. The number of hydrogen-bond acceptors (Lipinski definition) is 3. The fraction of sp³-hybridized carbons (Fsp3) is 0.0909. The molecule has 0 aliphatic heterocycles. The number of hydrogen-bond donors (Lipinski definition) is 3. The first-order valence-corrected chi connectivity index (χ1v) is 9.36. The highest BCUT2D eigenvalue weighted by atomic mass is 35.5. The van der Waals surface area contributed by atoms with Gasteiger partial charge in [0.05, 0.1) is 22.1 Å². The molecule has 0 fully saturated rings. The van der Waals surface area contributed by atoms with Gasteiger partial charge in [-0.05, 0) is 60.8 Å². The molecule has 5 aromatic rings. The molecule has 0 saturated heterocycles. The van der Waals surface area contributed by atoms with Crippen molar-refractivity contribution in [1.29, 1.82) is 0 Å². The minimum Gasteiger partial charge on any atom is -0.329 e. The van der Waals surface area contributed by atoms with Crippen LogP contribution in [0.5, 0.6) is 0 Å². The molecule has 0 aliphatic rings. The number of H-pyrrole nitrogens is 2. The molecule has 5 nitrogen and oxygen atoms in total. The molecule has 0 unspecified atom stereocenters. The predicted molar refractivity (Wildman–Crippen MR) is 124 cm³/mol. The van der Waals surface area contributed by atoms with E-state index >= 15 is 0 Å². The summed E-state index contributed by atoms with van der Waals surface area (Å²) < 4.78 is 0. The van der Waals surface area contributed by atoms with E-state index in [1.54, 1.807) is 0 Å². The van der Waals surface area contributed by atoms with E-state index in [9.17, 15) is 0 Å². The third kappa shape index (κ3) is 4.70. The van der Waals surface area contributed by atoms with Crippen molar-refractivity contribution in [2.45, 2.75) is 13.8 Å². The summed E-state index contributed by atoms with van der Waals surface area (Å²) in [6.45, 7) is 4.19. The lowest BCUT2D eigenvalue weighted by Crippen LogP contribution is -1.97. The maximum atomic E-state index is 5.62. The van der Waals surface area contributed by atoms with Crippen LogP contribution in [0.2, 0.25) is 5.28 Å². The van der Waals surface area contributed by atoms with Gasteiger partial charge in [0.1, 0.15) is 0 Å². The topological polar surface area (TPSA) is 69.4 Å². The number of fused-ring (bicyclic) bond motifs is 2. The lowest BCUT2D eigenvalue weighted by Gasteiger charge is -2.09. The van der Waals surface area contributed by atoms with Gasteiger partial charge in [-0.2, -0.15) is 0 Å². The molecular formula is C22H21Cl2N5. The fourth-order valence-electron chi connectivity index (χ4n) is 3.06. The van der Waals surface area contributed by atoms with Crippen molar-refractivity contribution in [3.8, 4) is 0 Å². The molecule has 0 atom stereocenters. The summed E-state index contributed by atoms with van der Waals surface area (Å²) in [4.78, 5) is 14.7. The van der Waals surface area contributed by atoms with Gasteiger partial charge in [-0.15, -0.1) is 12.4 Å². The Morgan fingerprint density at radius 3 is 1.86 bits per heavy atom. The van der Waals surface area contributed by atoms with Crippen molar-refractivity contribution in [2.24, 2.45) is 0 Å². The van der Waals surface area contributed by atoms with Gasteiger partial charge in [0.2, 0.25) is 11.2 Å². The van der Waals surface area contributed by atoms with Crippen LogP contribution in [-0.2, 0) is 0 Å². The van der Waals surface area contributed by atoms with Gasteiger partial charge < -0.3 is 15.3 Å². The van der Waals surface area contributed by atoms with Crippen molar-refractivity contribution >= 4 is 57.7 Å². The van der Waals surface area contributed by atoms with Crippen LogP contribution in [0.3, 0.4) is 0 Å². The fourth-order valence-corrected chi connectivity index (χ4v) is 3.26. The molecule has 148 valence electrons. The van der Waals surface area contributed by atoms with Crippen molar-refractivity contribution < 1.29 is 0 Å². The summed E-state index contributed by atoms with van der Waals surface area (Å²) in [6, 6.07) is 22.0. The third-order valence-corrected chi connectivity index (χ3v) is 4.65. The van der Waals surface area contributed by atoms with E-state index in [0.717, 1.165) is 33.7 Å². The second kappa shape index (κ2) is 8.99. The molecule has 7 heteroatoms. The number of anilines is 2. The molecule has 0 radical (unpaired) electrons. The van der Waals surface area contributed by atoms with Crippen LogP contribution >= 0.6 is 24.0 Å². The molecule has 0 aliphatic carbocycles. The number of benzene rings is 3.